The van der Waals surface area contributed by atoms with Crippen molar-refractivity contribution < 1.29 is 14.3 Å². The maximum atomic E-state index is 12.4. The first-order chi connectivity index (χ1) is 10.2. The van der Waals surface area contributed by atoms with Crippen molar-refractivity contribution in [2.45, 2.75) is 18.6 Å². The Hall–Kier alpha value is -1.65. The molecule has 5 rings (SSSR count). The molecule has 1 aromatic rings. The summed E-state index contributed by atoms with van der Waals surface area (Å²) in [6.07, 6.45) is 6.95. The number of fused-ring (bicyclic) bond motifs is 5. The molecule has 108 valence electrons. The number of hydrogen-bond acceptors (Lipinski definition) is 3. The fraction of sp³-hybridized carbons (Fsp3) is 0.471. The predicted molar refractivity (Wildman–Crippen MR) is 76.4 cm³/mol. The zero-order valence-electron chi connectivity index (χ0n) is 11.7. The Morgan fingerprint density at radius 2 is 1.95 bits per heavy atom. The van der Waals surface area contributed by atoms with Crippen LogP contribution in [0.25, 0.3) is 0 Å². The molecule has 1 saturated heterocycles. The van der Waals surface area contributed by atoms with Gasteiger partial charge in [-0.25, -0.2) is 0 Å². The molecule has 0 aromatic heterocycles. The van der Waals surface area contributed by atoms with Crippen LogP contribution in [0.15, 0.2) is 36.4 Å². The lowest BCUT2D eigenvalue weighted by molar-refractivity contribution is -0.294. The number of hydrogen-bond donors (Lipinski definition) is 1. The summed E-state index contributed by atoms with van der Waals surface area (Å²) >= 11 is 0. The van der Waals surface area contributed by atoms with Gasteiger partial charge < -0.3 is 14.8 Å². The summed E-state index contributed by atoms with van der Waals surface area (Å²) in [5.41, 5.74) is 1.68. The van der Waals surface area contributed by atoms with Crippen molar-refractivity contribution in [3.8, 4) is 0 Å². The van der Waals surface area contributed by atoms with E-state index in [1.165, 1.54) is 6.42 Å². The van der Waals surface area contributed by atoms with Gasteiger partial charge in [0.15, 0.2) is 0 Å². The van der Waals surface area contributed by atoms with Gasteiger partial charge in [-0.2, -0.15) is 0 Å². The molecule has 0 radical (unpaired) electrons. The molecule has 21 heavy (non-hydrogen) atoms. The quantitative estimate of drug-likeness (QED) is 0.744. The van der Waals surface area contributed by atoms with Crippen LogP contribution in [0.3, 0.4) is 0 Å². The number of allylic oxidation sites excluding steroid dienone is 2. The summed E-state index contributed by atoms with van der Waals surface area (Å²) in [6, 6.07) is 7.62. The molecule has 4 heteroatoms. The topological polar surface area (TPSA) is 47.6 Å². The van der Waals surface area contributed by atoms with Gasteiger partial charge in [-0.15, -0.1) is 0 Å². The van der Waals surface area contributed by atoms with E-state index < -0.39 is 5.79 Å². The van der Waals surface area contributed by atoms with Gasteiger partial charge in [-0.05, 0) is 30.7 Å². The molecule has 1 N–H and O–H groups in total. The summed E-state index contributed by atoms with van der Waals surface area (Å²) in [4.78, 5) is 12.4. The van der Waals surface area contributed by atoms with Gasteiger partial charge >= 0.3 is 0 Å². The maximum Gasteiger partial charge on any atom is 0.289 e. The van der Waals surface area contributed by atoms with Crippen molar-refractivity contribution in [1.29, 1.82) is 0 Å². The van der Waals surface area contributed by atoms with Gasteiger partial charge in [0.1, 0.15) is 0 Å². The highest BCUT2D eigenvalue weighted by Gasteiger charge is 2.59. The van der Waals surface area contributed by atoms with Crippen LogP contribution in [-0.2, 0) is 20.1 Å². The van der Waals surface area contributed by atoms with Crippen molar-refractivity contribution >= 4 is 11.6 Å². The lowest BCUT2D eigenvalue weighted by Gasteiger charge is -2.44. The highest BCUT2D eigenvalue weighted by Crippen LogP contribution is 2.56. The van der Waals surface area contributed by atoms with E-state index in [0.717, 1.165) is 17.7 Å². The highest BCUT2D eigenvalue weighted by atomic mass is 16.7. The van der Waals surface area contributed by atoms with Crippen LogP contribution in [0.4, 0.5) is 5.69 Å². The molecule has 4 aliphatic rings. The van der Waals surface area contributed by atoms with Gasteiger partial charge in [-0.3, -0.25) is 4.79 Å². The molecule has 1 aromatic carbocycles. The summed E-state index contributed by atoms with van der Waals surface area (Å²) in [6.45, 7) is 1.19. The molecule has 2 atom stereocenters. The minimum atomic E-state index is -1.23. The highest BCUT2D eigenvalue weighted by molar-refractivity contribution is 6.04. The fourth-order valence-corrected chi connectivity index (χ4v) is 4.45. The van der Waals surface area contributed by atoms with E-state index in [9.17, 15) is 4.79 Å². The zero-order chi connectivity index (χ0) is 14.1. The monoisotopic (exact) mass is 283 g/mol. The normalized spacial score (nSPS) is 42.8. The van der Waals surface area contributed by atoms with E-state index in [1.54, 1.807) is 0 Å². The number of carbonyl (C=O) groups is 1. The average Bonchev–Trinajstić information content (AvgIpc) is 3.16. The van der Waals surface area contributed by atoms with Crippen molar-refractivity contribution in [2.24, 2.45) is 17.3 Å². The Labute approximate surface area is 123 Å². The van der Waals surface area contributed by atoms with Crippen molar-refractivity contribution in [1.82, 2.24) is 0 Å². The van der Waals surface area contributed by atoms with Gasteiger partial charge in [0, 0.05) is 11.0 Å². The van der Waals surface area contributed by atoms with E-state index in [-0.39, 0.29) is 11.3 Å². The van der Waals surface area contributed by atoms with Gasteiger partial charge in [-0.1, -0.05) is 30.4 Å². The minimum absolute atomic E-state index is 0.0719. The minimum Gasteiger partial charge on any atom is -0.338 e. The molecule has 4 nitrogen and oxygen atoms in total. The molecule has 2 aliphatic carbocycles. The van der Waals surface area contributed by atoms with Gasteiger partial charge in [0.25, 0.3) is 11.7 Å². The molecule has 2 aliphatic heterocycles. The second-order valence-electron chi connectivity index (χ2n) is 6.75. The molecule has 2 spiro atoms. The summed E-state index contributed by atoms with van der Waals surface area (Å²) < 4.78 is 12.2. The second-order valence-corrected chi connectivity index (χ2v) is 6.75. The SMILES string of the molecule is O=C1Nc2ccccc2C12OCC1(CO2)C[C@H]2C=C[C@H]1C2. The summed E-state index contributed by atoms with van der Waals surface area (Å²) in [5.74, 6) is -0.217. The number of carbonyl (C=O) groups excluding carboxylic acids is 1. The van der Waals surface area contributed by atoms with E-state index in [2.05, 4.69) is 17.5 Å². The van der Waals surface area contributed by atoms with Crippen LogP contribution in [0, 0.1) is 17.3 Å². The fourth-order valence-electron chi connectivity index (χ4n) is 4.45. The van der Waals surface area contributed by atoms with E-state index in [4.69, 9.17) is 9.47 Å². The molecular weight excluding hydrogens is 266 g/mol. The standard InChI is InChI=1S/C17H17NO3/c19-15-17(13-3-1-2-4-14(13)18-15)20-9-16(10-21-17)8-11-5-6-12(16)7-11/h1-6,11-12H,7-10H2,(H,18,19)/t11-,12-,16?,17?/m0/s1. The number of nitrogens with one attached hydrogen (secondary N) is 1. The Kier molecular flexibility index (Phi) is 2.14. The molecular formula is C17H17NO3. The molecule has 2 heterocycles. The number of ether oxygens (including phenoxy) is 2. The zero-order valence-corrected chi connectivity index (χ0v) is 11.7. The van der Waals surface area contributed by atoms with Gasteiger partial charge in [0.2, 0.25) is 0 Å². The lowest BCUT2D eigenvalue weighted by Crippen LogP contribution is -2.52. The summed E-state index contributed by atoms with van der Waals surface area (Å²) in [5, 5.41) is 2.87. The predicted octanol–water partition coefficient (Wildman–Crippen LogP) is 2.42. The van der Waals surface area contributed by atoms with Crippen LogP contribution in [0.2, 0.25) is 0 Å². The number of benzene rings is 1. The first kappa shape index (κ1) is 12.0. The molecule has 0 unspecified atom stereocenters. The van der Waals surface area contributed by atoms with Crippen LogP contribution in [0.5, 0.6) is 0 Å². The number of rotatable bonds is 0. The first-order valence-corrected chi connectivity index (χ1v) is 7.59. The summed E-state index contributed by atoms with van der Waals surface area (Å²) in [7, 11) is 0. The smallest absolute Gasteiger partial charge is 0.289 e. The third kappa shape index (κ3) is 1.39. The Bertz CT molecular complexity index is 658. The van der Waals surface area contributed by atoms with Gasteiger partial charge in [0.05, 0.1) is 18.9 Å². The van der Waals surface area contributed by atoms with Crippen LogP contribution >= 0.6 is 0 Å². The molecule has 2 bridgehead atoms. The van der Waals surface area contributed by atoms with Crippen molar-refractivity contribution in [3.63, 3.8) is 0 Å². The van der Waals surface area contributed by atoms with Crippen molar-refractivity contribution in [2.75, 3.05) is 18.5 Å². The Balaban J connectivity index is 1.49. The number of para-hydroxylation sites is 1. The lowest BCUT2D eigenvalue weighted by atomic mass is 9.76. The maximum absolute atomic E-state index is 12.4. The van der Waals surface area contributed by atoms with Crippen LogP contribution in [-0.4, -0.2) is 19.1 Å². The first-order valence-electron chi connectivity index (χ1n) is 7.59. The number of anilines is 1. The third-order valence-corrected chi connectivity index (χ3v) is 5.58. The van der Waals surface area contributed by atoms with Crippen molar-refractivity contribution in [3.05, 3.63) is 42.0 Å². The Morgan fingerprint density at radius 3 is 2.67 bits per heavy atom. The van der Waals surface area contributed by atoms with E-state index in [0.29, 0.717) is 25.0 Å². The third-order valence-electron chi connectivity index (χ3n) is 5.58. The molecule has 1 saturated carbocycles. The number of amides is 1. The van der Waals surface area contributed by atoms with E-state index >= 15 is 0 Å². The van der Waals surface area contributed by atoms with Crippen LogP contribution < -0.4 is 5.32 Å². The van der Waals surface area contributed by atoms with E-state index in [1.807, 2.05) is 24.3 Å². The largest absolute Gasteiger partial charge is 0.338 e. The molecule has 2 fully saturated rings. The molecule has 1 amide bonds. The average molecular weight is 283 g/mol. The second kappa shape index (κ2) is 3.76. The Morgan fingerprint density at radius 1 is 1.14 bits per heavy atom. The van der Waals surface area contributed by atoms with Crippen LogP contribution in [0.1, 0.15) is 18.4 Å².